The molecule has 1 amide bonds. The van der Waals surface area contributed by atoms with Crippen molar-refractivity contribution in [1.82, 2.24) is 9.88 Å². The van der Waals surface area contributed by atoms with Gasteiger partial charge in [0, 0.05) is 29.5 Å². The van der Waals surface area contributed by atoms with Crippen LogP contribution in [-0.2, 0) is 11.3 Å². The second-order valence-corrected chi connectivity index (χ2v) is 6.10. The van der Waals surface area contributed by atoms with Crippen molar-refractivity contribution in [2.45, 2.75) is 11.9 Å². The number of aromatic nitrogens is 1. The second kappa shape index (κ2) is 5.85. The average Bonchev–Trinajstić information content (AvgIpc) is 2.84. The van der Waals surface area contributed by atoms with E-state index in [9.17, 15) is 4.79 Å². The first-order valence-corrected chi connectivity index (χ1v) is 7.72. The van der Waals surface area contributed by atoms with Crippen LogP contribution in [0.5, 0.6) is 0 Å². The number of nitrogens with zero attached hydrogens (tertiary/aromatic N) is 2. The second-order valence-electron chi connectivity index (χ2n) is 4.60. The molecule has 2 heterocycles. The zero-order chi connectivity index (χ0) is 13.9. The number of hydrogen-bond acceptors (Lipinski definition) is 3. The van der Waals surface area contributed by atoms with E-state index in [1.54, 1.807) is 18.0 Å². The topological polar surface area (TPSA) is 33.2 Å². The molecule has 3 rings (SSSR count). The lowest BCUT2D eigenvalue weighted by molar-refractivity contribution is -0.128. The summed E-state index contributed by atoms with van der Waals surface area (Å²) in [6.07, 6.45) is 3.57. The predicted molar refractivity (Wildman–Crippen MR) is 81.4 cm³/mol. The van der Waals surface area contributed by atoms with Gasteiger partial charge in [0.05, 0.1) is 5.75 Å². The van der Waals surface area contributed by atoms with Crippen molar-refractivity contribution in [2.75, 3.05) is 5.75 Å². The minimum atomic E-state index is 0.0480. The van der Waals surface area contributed by atoms with Crippen LogP contribution < -0.4 is 0 Å². The first kappa shape index (κ1) is 13.5. The Morgan fingerprint density at radius 3 is 2.80 bits per heavy atom. The molecule has 0 radical (unpaired) electrons. The monoisotopic (exact) mass is 304 g/mol. The average molecular weight is 305 g/mol. The Hall–Kier alpha value is -1.52. The van der Waals surface area contributed by atoms with Crippen LogP contribution in [0.25, 0.3) is 0 Å². The lowest BCUT2D eigenvalue weighted by Crippen LogP contribution is -2.27. The van der Waals surface area contributed by atoms with E-state index < -0.39 is 0 Å². The molecule has 1 atom stereocenters. The lowest BCUT2D eigenvalue weighted by atomic mass is 10.2. The zero-order valence-electron chi connectivity index (χ0n) is 10.7. The van der Waals surface area contributed by atoms with Gasteiger partial charge in [-0.1, -0.05) is 29.8 Å². The van der Waals surface area contributed by atoms with Crippen molar-refractivity contribution < 1.29 is 4.79 Å². The van der Waals surface area contributed by atoms with Gasteiger partial charge < -0.3 is 4.90 Å². The van der Waals surface area contributed by atoms with Gasteiger partial charge in [0.25, 0.3) is 0 Å². The van der Waals surface area contributed by atoms with Crippen molar-refractivity contribution in [2.24, 2.45) is 0 Å². The summed E-state index contributed by atoms with van der Waals surface area (Å²) < 4.78 is 0. The van der Waals surface area contributed by atoms with E-state index in [1.165, 1.54) is 0 Å². The molecular formula is C15H13ClN2OS. The maximum atomic E-state index is 12.1. The highest BCUT2D eigenvalue weighted by molar-refractivity contribution is 8.00. The molecule has 102 valence electrons. The van der Waals surface area contributed by atoms with Gasteiger partial charge in [0.15, 0.2) is 0 Å². The first-order valence-electron chi connectivity index (χ1n) is 6.29. The normalized spacial score (nSPS) is 18.6. The Labute approximate surface area is 127 Å². The van der Waals surface area contributed by atoms with Crippen molar-refractivity contribution >= 4 is 29.3 Å². The van der Waals surface area contributed by atoms with Crippen molar-refractivity contribution in [3.05, 3.63) is 64.9 Å². The minimum absolute atomic E-state index is 0.0480. The van der Waals surface area contributed by atoms with Crippen LogP contribution in [0.1, 0.15) is 16.5 Å². The number of benzene rings is 1. The van der Waals surface area contributed by atoms with E-state index >= 15 is 0 Å². The summed E-state index contributed by atoms with van der Waals surface area (Å²) >= 11 is 7.53. The number of halogens is 1. The van der Waals surface area contributed by atoms with Crippen LogP contribution >= 0.6 is 23.4 Å². The number of amides is 1. The molecule has 20 heavy (non-hydrogen) atoms. The summed E-state index contributed by atoms with van der Waals surface area (Å²) in [5.41, 5.74) is 2.15. The summed E-state index contributed by atoms with van der Waals surface area (Å²) in [6.45, 7) is 0.600. The fourth-order valence-corrected chi connectivity index (χ4v) is 3.51. The molecule has 3 nitrogen and oxygen atoms in total. The van der Waals surface area contributed by atoms with Gasteiger partial charge in [0.1, 0.15) is 5.37 Å². The summed E-state index contributed by atoms with van der Waals surface area (Å²) in [6, 6.07) is 11.5. The van der Waals surface area contributed by atoms with Crippen molar-refractivity contribution in [1.29, 1.82) is 0 Å². The molecule has 1 aromatic heterocycles. The molecule has 2 aromatic rings. The maximum Gasteiger partial charge on any atom is 0.234 e. The summed E-state index contributed by atoms with van der Waals surface area (Å²) in [4.78, 5) is 18.1. The molecule has 1 aliphatic rings. The predicted octanol–water partition coefficient (Wildman–Crippen LogP) is 3.51. The molecule has 0 N–H and O–H groups in total. The quantitative estimate of drug-likeness (QED) is 0.870. The van der Waals surface area contributed by atoms with Gasteiger partial charge in [-0.2, -0.15) is 0 Å². The highest BCUT2D eigenvalue weighted by atomic mass is 35.5. The zero-order valence-corrected chi connectivity index (χ0v) is 12.3. The van der Waals surface area contributed by atoms with Gasteiger partial charge in [-0.05, 0) is 23.8 Å². The smallest absolute Gasteiger partial charge is 0.234 e. The first-order chi connectivity index (χ1) is 9.74. The molecule has 0 unspecified atom stereocenters. The number of pyridine rings is 1. The van der Waals surface area contributed by atoms with Crippen LogP contribution in [0.15, 0.2) is 48.8 Å². The molecule has 0 bridgehead atoms. The number of carbonyl (C=O) groups excluding carboxylic acids is 1. The number of carbonyl (C=O) groups is 1. The van der Waals surface area contributed by atoms with E-state index in [-0.39, 0.29) is 11.3 Å². The van der Waals surface area contributed by atoms with Gasteiger partial charge in [-0.3, -0.25) is 9.78 Å². The van der Waals surface area contributed by atoms with E-state index in [0.717, 1.165) is 11.1 Å². The van der Waals surface area contributed by atoms with Crippen LogP contribution in [0.4, 0.5) is 0 Å². The Morgan fingerprint density at radius 2 is 2.10 bits per heavy atom. The van der Waals surface area contributed by atoms with Crippen LogP contribution in [0, 0.1) is 0 Å². The molecule has 1 aliphatic heterocycles. The summed E-state index contributed by atoms with van der Waals surface area (Å²) in [5, 5.41) is 0.756. The molecule has 1 aromatic carbocycles. The third-order valence-corrected chi connectivity index (χ3v) is 4.71. The Morgan fingerprint density at radius 1 is 1.30 bits per heavy atom. The van der Waals surface area contributed by atoms with E-state index in [1.807, 2.05) is 47.5 Å². The number of hydrogen-bond donors (Lipinski definition) is 0. The molecule has 0 spiro atoms. The fourth-order valence-electron chi connectivity index (χ4n) is 2.21. The number of thioether (sulfide) groups is 1. The highest BCUT2D eigenvalue weighted by Gasteiger charge is 2.32. The van der Waals surface area contributed by atoms with Crippen LogP contribution in [-0.4, -0.2) is 21.5 Å². The van der Waals surface area contributed by atoms with Crippen LogP contribution in [0.2, 0.25) is 5.02 Å². The third-order valence-electron chi connectivity index (χ3n) is 3.20. The van der Waals surface area contributed by atoms with Crippen molar-refractivity contribution in [3.63, 3.8) is 0 Å². The third kappa shape index (κ3) is 2.81. The van der Waals surface area contributed by atoms with E-state index in [4.69, 9.17) is 11.6 Å². The lowest BCUT2D eigenvalue weighted by Gasteiger charge is -2.24. The molecule has 0 saturated carbocycles. The van der Waals surface area contributed by atoms with Crippen molar-refractivity contribution in [3.8, 4) is 0 Å². The summed E-state index contributed by atoms with van der Waals surface area (Å²) in [5.74, 6) is 0.687. The maximum absolute atomic E-state index is 12.1. The van der Waals surface area contributed by atoms with E-state index in [0.29, 0.717) is 17.3 Å². The van der Waals surface area contributed by atoms with E-state index in [2.05, 4.69) is 4.98 Å². The Balaban J connectivity index is 1.82. The summed E-state index contributed by atoms with van der Waals surface area (Å²) in [7, 11) is 0. The SMILES string of the molecule is O=C1CS[C@H](c2cccnc2)N1Cc1ccc(Cl)cc1. The van der Waals surface area contributed by atoms with Gasteiger partial charge >= 0.3 is 0 Å². The fraction of sp³-hybridized carbons (Fsp3) is 0.200. The molecule has 1 saturated heterocycles. The minimum Gasteiger partial charge on any atom is -0.321 e. The standard InChI is InChI=1S/C15H13ClN2OS/c16-13-5-3-11(4-6-13)9-18-14(19)10-20-15(18)12-2-1-7-17-8-12/h1-8,15H,9-10H2/t15-/m1/s1. The van der Waals surface area contributed by atoms with Gasteiger partial charge in [0.2, 0.25) is 5.91 Å². The molecular weight excluding hydrogens is 292 g/mol. The Kier molecular flexibility index (Phi) is 3.94. The Bertz CT molecular complexity index is 603. The van der Waals surface area contributed by atoms with Gasteiger partial charge in [-0.15, -0.1) is 11.8 Å². The molecule has 5 heteroatoms. The largest absolute Gasteiger partial charge is 0.321 e. The van der Waals surface area contributed by atoms with Gasteiger partial charge in [-0.25, -0.2) is 0 Å². The van der Waals surface area contributed by atoms with Crippen LogP contribution in [0.3, 0.4) is 0 Å². The highest BCUT2D eigenvalue weighted by Crippen LogP contribution is 2.39. The molecule has 0 aliphatic carbocycles. The number of rotatable bonds is 3. The molecule has 1 fully saturated rings.